The first-order valence-electron chi connectivity index (χ1n) is 6.62. The summed E-state index contributed by atoms with van der Waals surface area (Å²) in [6.07, 6.45) is 0.753. The van der Waals surface area contributed by atoms with Crippen molar-refractivity contribution in [2.24, 2.45) is 0 Å². The van der Waals surface area contributed by atoms with Crippen molar-refractivity contribution in [1.82, 2.24) is 0 Å². The summed E-state index contributed by atoms with van der Waals surface area (Å²) in [4.78, 5) is 10.3. The van der Waals surface area contributed by atoms with Gasteiger partial charge in [-0.05, 0) is 49.1 Å². The fourth-order valence-electron chi connectivity index (χ4n) is 2.11. The second kappa shape index (κ2) is 5.82. The van der Waals surface area contributed by atoms with Gasteiger partial charge in [-0.25, -0.2) is 4.57 Å². The average Bonchev–Trinajstić information content (AvgIpc) is 2.42. The average molecular weight is 290 g/mol. The van der Waals surface area contributed by atoms with E-state index in [2.05, 4.69) is 0 Å². The molecular formula is C16H19O3P. The number of aryl methyl sites for hydroxylation is 2. The van der Waals surface area contributed by atoms with E-state index in [-0.39, 0.29) is 0 Å². The fourth-order valence-corrected chi connectivity index (χ4v) is 3.53. The highest BCUT2D eigenvalue weighted by molar-refractivity contribution is 7.61. The molecule has 0 aliphatic heterocycles. The molecule has 0 amide bonds. The molecule has 0 heterocycles. The zero-order valence-corrected chi connectivity index (χ0v) is 12.9. The molecule has 0 radical (unpaired) electrons. The first-order chi connectivity index (χ1) is 9.45. The Hall–Kier alpha value is -1.57. The van der Waals surface area contributed by atoms with Crippen LogP contribution in [0.5, 0.6) is 5.75 Å². The third kappa shape index (κ3) is 2.95. The largest absolute Gasteiger partial charge is 0.421 e. The van der Waals surface area contributed by atoms with Crippen LogP contribution in [0.25, 0.3) is 0 Å². The molecule has 0 spiro atoms. The molecule has 0 saturated carbocycles. The minimum atomic E-state index is -3.87. The van der Waals surface area contributed by atoms with Gasteiger partial charge in [-0.3, -0.25) is 0 Å². The smallest absolute Gasteiger partial charge is 0.408 e. The van der Waals surface area contributed by atoms with E-state index in [1.165, 1.54) is 0 Å². The summed E-state index contributed by atoms with van der Waals surface area (Å²) in [5.41, 5.74) is 2.70. The first kappa shape index (κ1) is 14.8. The van der Waals surface area contributed by atoms with Crippen LogP contribution in [0, 0.1) is 13.8 Å². The molecule has 106 valence electrons. The third-order valence-corrected chi connectivity index (χ3v) is 4.99. The zero-order valence-electron chi connectivity index (χ0n) is 12.0. The van der Waals surface area contributed by atoms with Gasteiger partial charge in [0.25, 0.3) is 0 Å². The van der Waals surface area contributed by atoms with Crippen LogP contribution in [0.3, 0.4) is 0 Å². The van der Waals surface area contributed by atoms with E-state index in [9.17, 15) is 9.46 Å². The van der Waals surface area contributed by atoms with Gasteiger partial charge in [-0.2, -0.15) is 0 Å². The quantitative estimate of drug-likeness (QED) is 0.872. The van der Waals surface area contributed by atoms with Crippen molar-refractivity contribution in [2.45, 2.75) is 27.2 Å². The maximum Gasteiger partial charge on any atom is 0.408 e. The van der Waals surface area contributed by atoms with E-state index in [0.717, 1.165) is 23.1 Å². The van der Waals surface area contributed by atoms with Crippen LogP contribution in [0.4, 0.5) is 0 Å². The Kier molecular flexibility index (Phi) is 4.32. The Labute approximate surface area is 119 Å². The molecule has 0 bridgehead atoms. The molecule has 2 rings (SSSR count). The predicted molar refractivity (Wildman–Crippen MR) is 81.8 cm³/mol. The number of hydrogen-bond donors (Lipinski definition) is 1. The predicted octanol–water partition coefficient (Wildman–Crippen LogP) is 3.76. The lowest BCUT2D eigenvalue weighted by atomic mass is 10.1. The lowest BCUT2D eigenvalue weighted by Crippen LogP contribution is -2.14. The third-order valence-electron chi connectivity index (χ3n) is 3.46. The Bertz CT molecular complexity index is 665. The van der Waals surface area contributed by atoms with Gasteiger partial charge in [-0.15, -0.1) is 0 Å². The highest BCUT2D eigenvalue weighted by Gasteiger charge is 2.27. The highest BCUT2D eigenvalue weighted by atomic mass is 31.2. The summed E-state index contributed by atoms with van der Waals surface area (Å²) in [5.74, 6) is 0.474. The second-order valence-electron chi connectivity index (χ2n) is 4.79. The number of para-hydroxylation sites is 1. The monoisotopic (exact) mass is 290 g/mol. The molecule has 0 fully saturated rings. The van der Waals surface area contributed by atoms with Gasteiger partial charge in [0.15, 0.2) is 0 Å². The Morgan fingerprint density at radius 3 is 2.50 bits per heavy atom. The molecule has 20 heavy (non-hydrogen) atoms. The summed E-state index contributed by atoms with van der Waals surface area (Å²) >= 11 is 0. The number of benzene rings is 2. The highest BCUT2D eigenvalue weighted by Crippen LogP contribution is 2.43. The number of rotatable bonds is 4. The minimum Gasteiger partial charge on any atom is -0.421 e. The Balaban J connectivity index is 2.41. The van der Waals surface area contributed by atoms with Gasteiger partial charge in [0.2, 0.25) is 0 Å². The van der Waals surface area contributed by atoms with E-state index in [1.807, 2.05) is 39.0 Å². The standard InChI is InChI=1S/C16H19O3P/c1-4-14-9-5-6-10-15(14)19-20(17,18)16-11-7-8-12(2)13(16)3/h5-11H,4H2,1-3H3,(H,17,18). The summed E-state index contributed by atoms with van der Waals surface area (Å²) in [6.45, 7) is 5.74. The minimum absolute atomic E-state index is 0.364. The first-order valence-corrected chi connectivity index (χ1v) is 8.20. The fraction of sp³-hybridized carbons (Fsp3) is 0.250. The van der Waals surface area contributed by atoms with E-state index in [0.29, 0.717) is 11.1 Å². The topological polar surface area (TPSA) is 46.5 Å². The molecule has 0 aromatic heterocycles. The molecular weight excluding hydrogens is 271 g/mol. The summed E-state index contributed by atoms with van der Waals surface area (Å²) < 4.78 is 18.0. The van der Waals surface area contributed by atoms with Gasteiger partial charge in [-0.1, -0.05) is 37.3 Å². The Morgan fingerprint density at radius 1 is 1.10 bits per heavy atom. The van der Waals surface area contributed by atoms with Crippen molar-refractivity contribution >= 4 is 12.9 Å². The molecule has 2 aromatic rings. The SMILES string of the molecule is CCc1ccccc1OP(=O)(O)c1cccc(C)c1C. The summed E-state index contributed by atoms with van der Waals surface area (Å²) in [6, 6.07) is 12.7. The maximum atomic E-state index is 12.6. The van der Waals surface area contributed by atoms with Crippen LogP contribution < -0.4 is 9.83 Å². The van der Waals surface area contributed by atoms with Gasteiger partial charge < -0.3 is 9.42 Å². The van der Waals surface area contributed by atoms with Crippen molar-refractivity contribution in [3.63, 3.8) is 0 Å². The van der Waals surface area contributed by atoms with Gasteiger partial charge in [0.1, 0.15) is 5.75 Å². The molecule has 3 nitrogen and oxygen atoms in total. The molecule has 0 aliphatic rings. The van der Waals surface area contributed by atoms with Crippen LogP contribution in [0.15, 0.2) is 42.5 Å². The van der Waals surface area contributed by atoms with E-state index in [1.54, 1.807) is 24.3 Å². The summed E-state index contributed by atoms with van der Waals surface area (Å²) in [7, 11) is -3.87. The van der Waals surface area contributed by atoms with Gasteiger partial charge >= 0.3 is 7.60 Å². The Morgan fingerprint density at radius 2 is 1.80 bits per heavy atom. The van der Waals surface area contributed by atoms with Crippen molar-refractivity contribution in [1.29, 1.82) is 0 Å². The van der Waals surface area contributed by atoms with Gasteiger partial charge in [0.05, 0.1) is 5.30 Å². The van der Waals surface area contributed by atoms with Crippen molar-refractivity contribution in [3.05, 3.63) is 59.2 Å². The van der Waals surface area contributed by atoms with Crippen molar-refractivity contribution < 1.29 is 14.0 Å². The van der Waals surface area contributed by atoms with Crippen LogP contribution in [0.2, 0.25) is 0 Å². The van der Waals surface area contributed by atoms with E-state index >= 15 is 0 Å². The molecule has 0 aliphatic carbocycles. The number of hydrogen-bond acceptors (Lipinski definition) is 2. The van der Waals surface area contributed by atoms with E-state index in [4.69, 9.17) is 4.52 Å². The molecule has 4 heteroatoms. The molecule has 1 atom stereocenters. The lowest BCUT2D eigenvalue weighted by molar-refractivity contribution is 0.391. The van der Waals surface area contributed by atoms with Crippen LogP contribution in [-0.2, 0) is 11.0 Å². The second-order valence-corrected chi connectivity index (χ2v) is 6.50. The summed E-state index contributed by atoms with van der Waals surface area (Å²) in [5, 5.41) is 0.364. The molecule has 1 unspecified atom stereocenters. The van der Waals surface area contributed by atoms with Crippen LogP contribution in [-0.4, -0.2) is 4.89 Å². The molecule has 2 aromatic carbocycles. The molecule has 0 saturated heterocycles. The van der Waals surface area contributed by atoms with E-state index < -0.39 is 7.60 Å². The van der Waals surface area contributed by atoms with Crippen molar-refractivity contribution in [2.75, 3.05) is 0 Å². The lowest BCUT2D eigenvalue weighted by Gasteiger charge is -2.18. The van der Waals surface area contributed by atoms with Crippen molar-refractivity contribution in [3.8, 4) is 5.75 Å². The maximum absolute atomic E-state index is 12.6. The normalized spacial score (nSPS) is 13.8. The zero-order chi connectivity index (χ0) is 14.8. The van der Waals surface area contributed by atoms with Gasteiger partial charge in [0, 0.05) is 0 Å². The van der Waals surface area contributed by atoms with Crippen LogP contribution >= 0.6 is 7.60 Å². The van der Waals surface area contributed by atoms with Crippen LogP contribution in [0.1, 0.15) is 23.6 Å². The molecule has 1 N–H and O–H groups in total.